The first-order valence-electron chi connectivity index (χ1n) is 3.68. The molecule has 0 fully saturated rings. The van der Waals surface area contributed by atoms with E-state index in [1.807, 2.05) is 30.3 Å². The van der Waals surface area contributed by atoms with E-state index in [0.717, 1.165) is 0 Å². The van der Waals surface area contributed by atoms with Crippen molar-refractivity contribution in [3.63, 3.8) is 0 Å². The monoisotopic (exact) mass is 239 g/mol. The number of aromatic nitrogens is 1. The van der Waals surface area contributed by atoms with Crippen LogP contribution in [0.1, 0.15) is 0 Å². The lowest BCUT2D eigenvalue weighted by Crippen LogP contribution is -1.82. The molecule has 0 aliphatic carbocycles. The zero-order valence-electron chi connectivity index (χ0n) is 6.61. The fraction of sp³-hybridized carbons (Fsp3) is 0. The van der Waals surface area contributed by atoms with Crippen LogP contribution in [0.25, 0.3) is 0 Å². The van der Waals surface area contributed by atoms with Crippen LogP contribution >= 0.6 is 15.9 Å². The van der Waals surface area contributed by atoms with Crippen LogP contribution in [0.15, 0.2) is 45.6 Å². The lowest BCUT2D eigenvalue weighted by Gasteiger charge is -1.97. The van der Waals surface area contributed by atoms with Gasteiger partial charge in [0.15, 0.2) is 0 Å². The minimum Gasteiger partial charge on any atom is -0.416 e. The molecule has 0 unspecified atom stereocenters. The van der Waals surface area contributed by atoms with Gasteiger partial charge in [-0.15, -0.1) is 0 Å². The van der Waals surface area contributed by atoms with Gasteiger partial charge in [-0.1, -0.05) is 18.2 Å². The number of benzene rings is 1. The molecule has 1 aromatic carbocycles. The third-order valence-electron chi connectivity index (χ3n) is 1.40. The standard InChI is InChI=1S/C9H6BrNO2/c10-8-6-12-9(11-8)13-7-4-2-1-3-5-7/h1-6H. The second kappa shape index (κ2) is 3.62. The van der Waals surface area contributed by atoms with Crippen molar-refractivity contribution in [2.24, 2.45) is 0 Å². The van der Waals surface area contributed by atoms with E-state index in [-0.39, 0.29) is 6.08 Å². The average Bonchev–Trinajstić information content (AvgIpc) is 2.53. The Kier molecular flexibility index (Phi) is 2.31. The van der Waals surface area contributed by atoms with E-state index in [0.29, 0.717) is 10.4 Å². The summed E-state index contributed by atoms with van der Waals surface area (Å²) < 4.78 is 10.9. The normalized spacial score (nSPS) is 9.92. The second-order valence-corrected chi connectivity index (χ2v) is 3.16. The van der Waals surface area contributed by atoms with Crippen LogP contribution in [-0.4, -0.2) is 4.98 Å². The smallest absolute Gasteiger partial charge is 0.400 e. The van der Waals surface area contributed by atoms with Gasteiger partial charge in [0.25, 0.3) is 0 Å². The summed E-state index contributed by atoms with van der Waals surface area (Å²) in [4.78, 5) is 3.93. The average molecular weight is 240 g/mol. The van der Waals surface area contributed by atoms with Gasteiger partial charge in [0, 0.05) is 0 Å². The Morgan fingerprint density at radius 2 is 2.00 bits per heavy atom. The fourth-order valence-corrected chi connectivity index (χ4v) is 1.11. The van der Waals surface area contributed by atoms with E-state index in [1.54, 1.807) is 0 Å². The maximum absolute atomic E-state index is 5.29. The highest BCUT2D eigenvalue weighted by atomic mass is 79.9. The minimum absolute atomic E-state index is 0.234. The Morgan fingerprint density at radius 1 is 1.23 bits per heavy atom. The summed E-state index contributed by atoms with van der Waals surface area (Å²) in [6.07, 6.45) is 1.70. The second-order valence-electron chi connectivity index (χ2n) is 2.35. The van der Waals surface area contributed by atoms with Crippen LogP contribution in [-0.2, 0) is 0 Å². The fourth-order valence-electron chi connectivity index (χ4n) is 0.875. The number of nitrogens with zero attached hydrogens (tertiary/aromatic N) is 1. The molecular weight excluding hydrogens is 234 g/mol. The molecule has 13 heavy (non-hydrogen) atoms. The molecule has 0 amide bonds. The largest absolute Gasteiger partial charge is 0.416 e. The van der Waals surface area contributed by atoms with Crippen LogP contribution in [0.3, 0.4) is 0 Å². The molecule has 0 spiro atoms. The van der Waals surface area contributed by atoms with Crippen molar-refractivity contribution in [3.8, 4) is 11.8 Å². The van der Waals surface area contributed by atoms with Crippen LogP contribution in [0.2, 0.25) is 0 Å². The van der Waals surface area contributed by atoms with E-state index in [9.17, 15) is 0 Å². The number of ether oxygens (including phenoxy) is 1. The van der Waals surface area contributed by atoms with E-state index < -0.39 is 0 Å². The summed E-state index contributed by atoms with van der Waals surface area (Å²) in [5.41, 5.74) is 0. The minimum atomic E-state index is 0.234. The Labute approximate surface area is 83.5 Å². The summed E-state index contributed by atoms with van der Waals surface area (Å²) in [6.45, 7) is 0. The van der Waals surface area contributed by atoms with Crippen molar-refractivity contribution in [1.29, 1.82) is 0 Å². The molecular formula is C9H6BrNO2. The van der Waals surface area contributed by atoms with E-state index >= 15 is 0 Å². The molecule has 0 aliphatic heterocycles. The number of hydrogen-bond acceptors (Lipinski definition) is 3. The number of hydrogen-bond donors (Lipinski definition) is 0. The first kappa shape index (κ1) is 8.31. The zero-order chi connectivity index (χ0) is 9.10. The molecule has 0 saturated heterocycles. The molecule has 0 atom stereocenters. The molecule has 1 heterocycles. The summed E-state index contributed by atoms with van der Waals surface area (Å²) in [6, 6.07) is 9.34. The van der Waals surface area contributed by atoms with Gasteiger partial charge >= 0.3 is 6.08 Å². The molecule has 3 nitrogen and oxygen atoms in total. The van der Waals surface area contributed by atoms with Gasteiger partial charge in [-0.2, -0.15) is 4.98 Å². The van der Waals surface area contributed by atoms with E-state index in [2.05, 4.69) is 20.9 Å². The number of oxazole rings is 1. The molecule has 0 aliphatic rings. The lowest BCUT2D eigenvalue weighted by atomic mass is 10.3. The molecule has 0 bridgehead atoms. The number of halogens is 1. The molecule has 0 radical (unpaired) electrons. The van der Waals surface area contributed by atoms with Crippen molar-refractivity contribution < 1.29 is 9.15 Å². The van der Waals surface area contributed by atoms with Crippen molar-refractivity contribution in [2.45, 2.75) is 0 Å². The summed E-state index contributed by atoms with van der Waals surface area (Å²) in [7, 11) is 0. The summed E-state index contributed by atoms with van der Waals surface area (Å²) >= 11 is 3.16. The highest BCUT2D eigenvalue weighted by Gasteiger charge is 2.02. The molecule has 66 valence electrons. The first-order chi connectivity index (χ1) is 6.34. The van der Waals surface area contributed by atoms with Crippen LogP contribution in [0.5, 0.6) is 11.8 Å². The Bertz CT molecular complexity index is 386. The van der Waals surface area contributed by atoms with Crippen molar-refractivity contribution in [3.05, 3.63) is 41.2 Å². The van der Waals surface area contributed by atoms with Crippen molar-refractivity contribution >= 4 is 15.9 Å². The molecule has 0 saturated carbocycles. The lowest BCUT2D eigenvalue weighted by molar-refractivity contribution is 0.331. The highest BCUT2D eigenvalue weighted by molar-refractivity contribution is 9.10. The first-order valence-corrected chi connectivity index (χ1v) is 4.48. The van der Waals surface area contributed by atoms with E-state index in [4.69, 9.17) is 9.15 Å². The van der Waals surface area contributed by atoms with Crippen LogP contribution < -0.4 is 4.74 Å². The van der Waals surface area contributed by atoms with Gasteiger partial charge in [-0.25, -0.2) is 0 Å². The third kappa shape index (κ3) is 2.09. The van der Waals surface area contributed by atoms with Crippen molar-refractivity contribution in [1.82, 2.24) is 4.98 Å². The maximum Gasteiger partial charge on any atom is 0.400 e. The Hall–Kier alpha value is -1.29. The van der Waals surface area contributed by atoms with Gasteiger partial charge in [-0.3, -0.25) is 0 Å². The molecule has 0 N–H and O–H groups in total. The van der Waals surface area contributed by atoms with Crippen molar-refractivity contribution in [2.75, 3.05) is 0 Å². The SMILES string of the molecule is Brc1coc(Oc2ccccc2)n1. The van der Waals surface area contributed by atoms with Gasteiger partial charge in [0.05, 0.1) is 0 Å². The van der Waals surface area contributed by atoms with E-state index in [1.165, 1.54) is 6.26 Å². The topological polar surface area (TPSA) is 35.3 Å². The Morgan fingerprint density at radius 3 is 2.62 bits per heavy atom. The number of para-hydroxylation sites is 1. The number of rotatable bonds is 2. The third-order valence-corrected chi connectivity index (χ3v) is 1.77. The maximum atomic E-state index is 5.29. The highest BCUT2D eigenvalue weighted by Crippen LogP contribution is 2.21. The molecule has 1 aromatic heterocycles. The summed E-state index contributed by atoms with van der Waals surface area (Å²) in [5.74, 6) is 0.705. The quantitative estimate of drug-likeness (QED) is 0.808. The molecule has 4 heteroatoms. The Balaban J connectivity index is 2.15. The van der Waals surface area contributed by atoms with Gasteiger partial charge in [-0.05, 0) is 28.1 Å². The summed E-state index contributed by atoms with van der Waals surface area (Å²) in [5, 5.41) is 0. The van der Waals surface area contributed by atoms with Crippen LogP contribution in [0.4, 0.5) is 0 Å². The van der Waals surface area contributed by atoms with Crippen LogP contribution in [0, 0.1) is 0 Å². The van der Waals surface area contributed by atoms with Gasteiger partial charge in [0.2, 0.25) is 0 Å². The predicted octanol–water partition coefficient (Wildman–Crippen LogP) is 3.23. The van der Waals surface area contributed by atoms with Gasteiger partial charge in [0.1, 0.15) is 16.6 Å². The molecule has 2 rings (SSSR count). The zero-order valence-corrected chi connectivity index (χ0v) is 8.19. The predicted molar refractivity (Wildman–Crippen MR) is 50.7 cm³/mol. The van der Waals surface area contributed by atoms with Gasteiger partial charge < -0.3 is 9.15 Å². The molecule has 2 aromatic rings.